The van der Waals surface area contributed by atoms with Crippen LogP contribution in [0.15, 0.2) is 36.4 Å². The largest absolute Gasteiger partial charge is 0.452 e. The van der Waals surface area contributed by atoms with Crippen molar-refractivity contribution in [2.24, 2.45) is 5.92 Å². The monoisotopic (exact) mass is 411 g/mol. The van der Waals surface area contributed by atoms with Crippen molar-refractivity contribution in [1.82, 2.24) is 5.32 Å². The van der Waals surface area contributed by atoms with E-state index in [1.54, 1.807) is 24.3 Å². The van der Waals surface area contributed by atoms with E-state index in [0.717, 1.165) is 12.8 Å². The Hall–Kier alpha value is -2.99. The number of benzene rings is 2. The van der Waals surface area contributed by atoms with Crippen LogP contribution in [-0.4, -0.2) is 36.1 Å². The van der Waals surface area contributed by atoms with Crippen molar-refractivity contribution < 1.29 is 23.9 Å². The summed E-state index contributed by atoms with van der Waals surface area (Å²) in [6, 6.07) is 9.23. The molecule has 1 amide bonds. The smallest absolute Gasteiger partial charge is 0.340 e. The molecule has 7 heteroatoms. The van der Waals surface area contributed by atoms with Gasteiger partial charge in [-0.1, -0.05) is 35.9 Å². The molecule has 2 aliphatic rings. The summed E-state index contributed by atoms with van der Waals surface area (Å²) in [5, 5.41) is 2.64. The number of amides is 1. The van der Waals surface area contributed by atoms with E-state index in [-0.39, 0.29) is 39.1 Å². The Labute approximate surface area is 172 Å². The Bertz CT molecular complexity index is 1060. The third-order valence-corrected chi connectivity index (χ3v) is 5.69. The summed E-state index contributed by atoms with van der Waals surface area (Å²) in [6.07, 6.45) is 2.17. The predicted molar refractivity (Wildman–Crippen MR) is 105 cm³/mol. The van der Waals surface area contributed by atoms with Gasteiger partial charge in [0.05, 0.1) is 16.1 Å². The molecule has 6 nitrogen and oxygen atoms in total. The molecule has 2 aliphatic carbocycles. The van der Waals surface area contributed by atoms with Gasteiger partial charge in [-0.2, -0.15) is 0 Å². The number of hydrogen-bond donors (Lipinski definition) is 1. The molecule has 29 heavy (non-hydrogen) atoms. The highest BCUT2D eigenvalue weighted by molar-refractivity contribution is 6.41. The normalized spacial score (nSPS) is 15.9. The molecule has 0 radical (unpaired) electrons. The van der Waals surface area contributed by atoms with Crippen LogP contribution >= 0.6 is 11.6 Å². The van der Waals surface area contributed by atoms with Gasteiger partial charge in [0, 0.05) is 22.7 Å². The first-order valence-electron chi connectivity index (χ1n) is 9.36. The summed E-state index contributed by atoms with van der Waals surface area (Å²) < 4.78 is 5.06. The van der Waals surface area contributed by atoms with Gasteiger partial charge < -0.3 is 10.1 Å². The lowest BCUT2D eigenvalue weighted by Crippen LogP contribution is -2.37. The highest BCUT2D eigenvalue weighted by Gasteiger charge is 2.33. The third kappa shape index (κ3) is 3.56. The van der Waals surface area contributed by atoms with Crippen molar-refractivity contribution in [1.29, 1.82) is 0 Å². The average molecular weight is 412 g/mol. The fraction of sp³-hybridized carbons (Fsp3) is 0.273. The van der Waals surface area contributed by atoms with Crippen LogP contribution in [0.1, 0.15) is 62.0 Å². The molecule has 4 rings (SSSR count). The van der Waals surface area contributed by atoms with Crippen molar-refractivity contribution in [3.63, 3.8) is 0 Å². The number of hydrogen-bond acceptors (Lipinski definition) is 5. The second-order valence-electron chi connectivity index (χ2n) is 7.32. The van der Waals surface area contributed by atoms with Crippen LogP contribution in [0.4, 0.5) is 0 Å². The Morgan fingerprint density at radius 1 is 1.07 bits per heavy atom. The fourth-order valence-corrected chi connectivity index (χ4v) is 3.85. The van der Waals surface area contributed by atoms with Crippen LogP contribution in [0, 0.1) is 5.92 Å². The summed E-state index contributed by atoms with van der Waals surface area (Å²) in [7, 11) is 0. The lowest BCUT2D eigenvalue weighted by molar-refractivity contribution is -0.125. The third-order valence-electron chi connectivity index (χ3n) is 5.30. The molecule has 148 valence electrons. The maximum absolute atomic E-state index is 12.9. The number of fused-ring (bicyclic) bond motifs is 2. The highest BCUT2D eigenvalue weighted by Crippen LogP contribution is 2.34. The lowest BCUT2D eigenvalue weighted by atomic mass is 9.83. The Kier molecular flexibility index (Phi) is 4.96. The van der Waals surface area contributed by atoms with Gasteiger partial charge in [0.15, 0.2) is 18.2 Å². The molecular formula is C22H18ClNO5. The van der Waals surface area contributed by atoms with E-state index >= 15 is 0 Å². The maximum atomic E-state index is 12.9. The molecule has 0 spiro atoms. The number of rotatable bonds is 5. The van der Waals surface area contributed by atoms with Crippen LogP contribution < -0.4 is 5.32 Å². The van der Waals surface area contributed by atoms with Gasteiger partial charge in [-0.15, -0.1) is 0 Å². The highest BCUT2D eigenvalue weighted by atomic mass is 35.5. The van der Waals surface area contributed by atoms with E-state index in [1.165, 1.54) is 12.1 Å². The molecule has 1 fully saturated rings. The molecule has 0 saturated heterocycles. The molecule has 0 unspecified atom stereocenters. The summed E-state index contributed by atoms with van der Waals surface area (Å²) in [5.41, 5.74) is 0.612. The Balaban J connectivity index is 1.53. The van der Waals surface area contributed by atoms with Gasteiger partial charge in [-0.3, -0.25) is 14.4 Å². The second kappa shape index (κ2) is 7.44. The number of carbonyl (C=O) groups is 4. The Morgan fingerprint density at radius 3 is 2.38 bits per heavy atom. The van der Waals surface area contributed by atoms with Crippen LogP contribution in [0.2, 0.25) is 5.02 Å². The zero-order valence-corrected chi connectivity index (χ0v) is 16.4. The molecular weight excluding hydrogens is 394 g/mol. The standard InChI is InChI=1S/C22H18ClNO5/c1-11(12-6-7-12)24-17(25)10-29-22(28)16-9-8-15-18(19(16)23)21(27)14-5-3-2-4-13(14)20(15)26/h2-5,8-9,11-12H,6-7,10H2,1H3,(H,24,25)/t11-/m0/s1. The van der Waals surface area contributed by atoms with Gasteiger partial charge in [-0.05, 0) is 37.8 Å². The predicted octanol–water partition coefficient (Wildman–Crippen LogP) is 3.19. The molecule has 1 saturated carbocycles. The topological polar surface area (TPSA) is 89.5 Å². The molecule has 2 aromatic carbocycles. The van der Waals surface area contributed by atoms with Crippen molar-refractivity contribution in [3.8, 4) is 0 Å². The molecule has 1 atom stereocenters. The van der Waals surface area contributed by atoms with Gasteiger partial charge in [-0.25, -0.2) is 4.79 Å². The van der Waals surface area contributed by atoms with Crippen LogP contribution in [0.25, 0.3) is 0 Å². The van der Waals surface area contributed by atoms with Gasteiger partial charge in [0.2, 0.25) is 0 Å². The SMILES string of the molecule is C[C@H](NC(=O)COC(=O)c1ccc2c(c1Cl)C(=O)c1ccccc1C2=O)C1CC1. The zero-order valence-electron chi connectivity index (χ0n) is 15.7. The minimum absolute atomic E-state index is 0.0170. The quantitative estimate of drug-likeness (QED) is 0.651. The lowest BCUT2D eigenvalue weighted by Gasteiger charge is -2.19. The minimum Gasteiger partial charge on any atom is -0.452 e. The molecule has 0 bridgehead atoms. The number of esters is 1. The second-order valence-corrected chi connectivity index (χ2v) is 7.70. The van der Waals surface area contributed by atoms with Crippen molar-refractivity contribution in [2.75, 3.05) is 6.61 Å². The molecule has 0 aliphatic heterocycles. The summed E-state index contributed by atoms with van der Waals surface area (Å²) in [4.78, 5) is 49.9. The number of ketones is 2. The number of ether oxygens (including phenoxy) is 1. The molecule has 2 aromatic rings. The number of carbonyl (C=O) groups excluding carboxylic acids is 4. The number of nitrogens with one attached hydrogen (secondary N) is 1. The fourth-order valence-electron chi connectivity index (χ4n) is 3.52. The van der Waals surface area contributed by atoms with Crippen molar-refractivity contribution in [3.05, 3.63) is 69.2 Å². The van der Waals surface area contributed by atoms with Gasteiger partial charge in [0.1, 0.15) is 0 Å². The van der Waals surface area contributed by atoms with Crippen LogP contribution in [0.3, 0.4) is 0 Å². The molecule has 1 N–H and O–H groups in total. The van der Waals surface area contributed by atoms with E-state index in [9.17, 15) is 19.2 Å². The number of halogens is 1. The van der Waals surface area contributed by atoms with E-state index in [4.69, 9.17) is 16.3 Å². The summed E-state index contributed by atoms with van der Waals surface area (Å²) in [6.45, 7) is 1.47. The molecule has 0 heterocycles. The minimum atomic E-state index is -0.828. The maximum Gasteiger partial charge on any atom is 0.340 e. The zero-order chi connectivity index (χ0) is 20.7. The first-order chi connectivity index (χ1) is 13.9. The van der Waals surface area contributed by atoms with E-state index < -0.39 is 24.3 Å². The first-order valence-corrected chi connectivity index (χ1v) is 9.73. The average Bonchev–Trinajstić information content (AvgIpc) is 3.55. The van der Waals surface area contributed by atoms with Crippen LogP contribution in [0.5, 0.6) is 0 Å². The summed E-state index contributed by atoms with van der Waals surface area (Å²) in [5.74, 6) is -1.49. The molecule has 0 aromatic heterocycles. The van der Waals surface area contributed by atoms with E-state index in [0.29, 0.717) is 11.5 Å². The Morgan fingerprint density at radius 2 is 1.72 bits per heavy atom. The van der Waals surface area contributed by atoms with E-state index in [2.05, 4.69) is 5.32 Å². The van der Waals surface area contributed by atoms with Crippen molar-refractivity contribution >= 4 is 35.0 Å². The van der Waals surface area contributed by atoms with Crippen molar-refractivity contribution in [2.45, 2.75) is 25.8 Å². The van der Waals surface area contributed by atoms with Gasteiger partial charge in [0.25, 0.3) is 5.91 Å². The van der Waals surface area contributed by atoms with E-state index in [1.807, 2.05) is 6.92 Å². The van der Waals surface area contributed by atoms with Crippen LogP contribution in [-0.2, 0) is 9.53 Å². The first kappa shape index (κ1) is 19.3. The van der Waals surface area contributed by atoms with Gasteiger partial charge >= 0.3 is 5.97 Å². The summed E-state index contributed by atoms with van der Waals surface area (Å²) >= 11 is 6.32.